The van der Waals surface area contributed by atoms with Gasteiger partial charge in [-0.2, -0.15) is 13.1 Å². The Kier molecular flexibility index (Phi) is 4.42. The summed E-state index contributed by atoms with van der Waals surface area (Å²) in [6, 6.07) is 4.72. The summed E-state index contributed by atoms with van der Waals surface area (Å²) in [6.45, 7) is -0.775. The van der Waals surface area contributed by atoms with Gasteiger partial charge in [-0.05, 0) is 12.1 Å². The Morgan fingerprint density at radius 3 is 2.47 bits per heavy atom. The fourth-order valence-electron chi connectivity index (χ4n) is 1.70. The molecule has 0 aliphatic rings. The van der Waals surface area contributed by atoms with Crippen LogP contribution in [-0.2, 0) is 10.0 Å². The maximum absolute atomic E-state index is 12.5. The number of nitrogens with zero attached hydrogens (tertiary/aromatic N) is 3. The van der Waals surface area contributed by atoms with Crippen molar-refractivity contribution in [3.63, 3.8) is 0 Å². The smallest absolute Gasteiger partial charge is 0.245 e. The molecule has 2 N–H and O–H groups in total. The molecule has 0 bridgehead atoms. The van der Waals surface area contributed by atoms with E-state index < -0.39 is 10.0 Å². The Morgan fingerprint density at radius 1 is 1.16 bits per heavy atom. The molecule has 0 saturated carbocycles. The average Bonchev–Trinajstić information content (AvgIpc) is 2.86. The molecule has 0 fully saturated rings. The van der Waals surface area contributed by atoms with E-state index >= 15 is 0 Å². The van der Waals surface area contributed by atoms with Crippen molar-refractivity contribution >= 4 is 32.8 Å². The largest absolute Gasteiger partial charge is 0.395 e. The van der Waals surface area contributed by atoms with Crippen molar-refractivity contribution in [1.82, 2.24) is 13.1 Å². The Hall–Kier alpha value is -1.13. The van der Waals surface area contributed by atoms with E-state index in [4.69, 9.17) is 10.2 Å². The zero-order valence-electron chi connectivity index (χ0n) is 9.93. The van der Waals surface area contributed by atoms with Crippen molar-refractivity contribution in [2.45, 2.75) is 4.90 Å². The first-order valence-electron chi connectivity index (χ1n) is 5.54. The lowest BCUT2D eigenvalue weighted by Crippen LogP contribution is -2.36. The highest BCUT2D eigenvalue weighted by Gasteiger charge is 2.26. The third-order valence-corrected chi connectivity index (χ3v) is 5.04. The van der Waals surface area contributed by atoms with Crippen LogP contribution in [0.25, 0.3) is 11.0 Å². The van der Waals surface area contributed by atoms with Gasteiger partial charge < -0.3 is 10.2 Å². The van der Waals surface area contributed by atoms with Crippen LogP contribution in [0.2, 0.25) is 0 Å². The fraction of sp³-hybridized carbons (Fsp3) is 0.400. The molecule has 0 unspecified atom stereocenters. The summed E-state index contributed by atoms with van der Waals surface area (Å²) in [5.74, 6) is 0. The molecule has 7 nitrogen and oxygen atoms in total. The van der Waals surface area contributed by atoms with E-state index in [0.717, 1.165) is 16.0 Å². The first kappa shape index (κ1) is 14.3. The Balaban J connectivity index is 2.50. The molecule has 0 aliphatic heterocycles. The predicted octanol–water partition coefficient (Wildman–Crippen LogP) is -0.333. The third kappa shape index (κ3) is 2.74. The highest BCUT2D eigenvalue weighted by Crippen LogP contribution is 2.24. The van der Waals surface area contributed by atoms with Crippen LogP contribution in [0.5, 0.6) is 0 Å². The number of hydrogen-bond donors (Lipinski definition) is 2. The lowest BCUT2D eigenvalue weighted by Gasteiger charge is -2.20. The molecule has 104 valence electrons. The number of rotatable bonds is 6. The predicted molar refractivity (Wildman–Crippen MR) is 70.3 cm³/mol. The number of aromatic nitrogens is 2. The third-order valence-electron chi connectivity index (χ3n) is 2.57. The normalized spacial score (nSPS) is 12.4. The highest BCUT2D eigenvalue weighted by molar-refractivity contribution is 7.89. The van der Waals surface area contributed by atoms with Crippen molar-refractivity contribution in [3.8, 4) is 0 Å². The number of aliphatic hydroxyl groups is 2. The second-order valence-corrected chi connectivity index (χ2v) is 6.17. The summed E-state index contributed by atoms with van der Waals surface area (Å²) in [5.41, 5.74) is 0.826. The Bertz CT molecular complexity index is 650. The zero-order chi connectivity index (χ0) is 13.9. The van der Waals surface area contributed by atoms with Gasteiger partial charge in [0.2, 0.25) is 10.0 Å². The minimum Gasteiger partial charge on any atom is -0.395 e. The van der Waals surface area contributed by atoms with Gasteiger partial charge >= 0.3 is 0 Å². The molecular formula is C10H13N3O4S2. The average molecular weight is 303 g/mol. The molecule has 0 aliphatic carbocycles. The molecule has 2 rings (SSSR count). The van der Waals surface area contributed by atoms with Crippen LogP contribution in [0, 0.1) is 0 Å². The van der Waals surface area contributed by atoms with Gasteiger partial charge in [0, 0.05) is 13.1 Å². The van der Waals surface area contributed by atoms with E-state index in [1.165, 1.54) is 6.07 Å². The molecule has 0 spiro atoms. The number of hydrogen-bond acceptors (Lipinski definition) is 7. The fourth-order valence-corrected chi connectivity index (χ4v) is 3.88. The van der Waals surface area contributed by atoms with E-state index in [9.17, 15) is 8.42 Å². The Morgan fingerprint density at radius 2 is 1.84 bits per heavy atom. The molecule has 19 heavy (non-hydrogen) atoms. The van der Waals surface area contributed by atoms with Gasteiger partial charge in [0.15, 0.2) is 0 Å². The van der Waals surface area contributed by atoms with Gasteiger partial charge in [0.05, 0.1) is 24.9 Å². The summed E-state index contributed by atoms with van der Waals surface area (Å²) < 4.78 is 33.9. The lowest BCUT2D eigenvalue weighted by molar-refractivity contribution is 0.217. The van der Waals surface area contributed by atoms with Crippen LogP contribution in [0.15, 0.2) is 23.1 Å². The second-order valence-electron chi connectivity index (χ2n) is 3.74. The van der Waals surface area contributed by atoms with E-state index in [1.807, 2.05) is 0 Å². The van der Waals surface area contributed by atoms with Crippen LogP contribution in [-0.4, -0.2) is 58.0 Å². The number of benzene rings is 1. The van der Waals surface area contributed by atoms with Crippen LogP contribution in [0.4, 0.5) is 0 Å². The lowest BCUT2D eigenvalue weighted by atomic mass is 10.3. The van der Waals surface area contributed by atoms with Crippen LogP contribution in [0.1, 0.15) is 0 Å². The van der Waals surface area contributed by atoms with E-state index in [-0.39, 0.29) is 31.2 Å². The Labute approximate surface area is 114 Å². The SMILES string of the molecule is O=S(=O)(c1cccc2nsnc12)N(CCO)CCO. The van der Waals surface area contributed by atoms with Gasteiger partial charge in [0.1, 0.15) is 15.9 Å². The molecular weight excluding hydrogens is 290 g/mol. The second kappa shape index (κ2) is 5.88. The molecule has 0 atom stereocenters. The molecule has 0 radical (unpaired) electrons. The zero-order valence-corrected chi connectivity index (χ0v) is 11.6. The summed E-state index contributed by atoms with van der Waals surface area (Å²) in [6.07, 6.45) is 0. The molecule has 1 heterocycles. The summed E-state index contributed by atoms with van der Waals surface area (Å²) >= 11 is 0.940. The van der Waals surface area contributed by atoms with Crippen molar-refractivity contribution in [3.05, 3.63) is 18.2 Å². The quantitative estimate of drug-likeness (QED) is 0.757. The topological polar surface area (TPSA) is 104 Å². The molecule has 2 aromatic rings. The van der Waals surface area contributed by atoms with Gasteiger partial charge in [-0.1, -0.05) is 6.07 Å². The molecule has 9 heteroatoms. The first-order valence-corrected chi connectivity index (χ1v) is 7.71. The van der Waals surface area contributed by atoms with Crippen molar-refractivity contribution in [2.24, 2.45) is 0 Å². The van der Waals surface area contributed by atoms with Crippen molar-refractivity contribution < 1.29 is 18.6 Å². The van der Waals surface area contributed by atoms with E-state index in [2.05, 4.69) is 8.75 Å². The molecule has 0 amide bonds. The van der Waals surface area contributed by atoms with Gasteiger partial charge in [-0.3, -0.25) is 0 Å². The van der Waals surface area contributed by atoms with Gasteiger partial charge in [-0.25, -0.2) is 8.42 Å². The van der Waals surface area contributed by atoms with Crippen LogP contribution >= 0.6 is 11.7 Å². The van der Waals surface area contributed by atoms with Crippen LogP contribution in [0.3, 0.4) is 0 Å². The molecule has 1 aromatic heterocycles. The summed E-state index contributed by atoms with van der Waals surface area (Å²) in [5, 5.41) is 17.9. The highest BCUT2D eigenvalue weighted by atomic mass is 32.2. The molecule has 1 aromatic carbocycles. The van der Waals surface area contributed by atoms with Crippen molar-refractivity contribution in [1.29, 1.82) is 0 Å². The van der Waals surface area contributed by atoms with Gasteiger partial charge in [0.25, 0.3) is 0 Å². The summed E-state index contributed by atoms with van der Waals surface area (Å²) in [4.78, 5) is 0.0423. The van der Waals surface area contributed by atoms with E-state index in [1.54, 1.807) is 12.1 Å². The van der Waals surface area contributed by atoms with Crippen molar-refractivity contribution in [2.75, 3.05) is 26.3 Å². The standard InChI is InChI=1S/C10H13N3O4S2/c14-6-4-13(5-7-15)19(16,17)9-3-1-2-8-10(9)12-18-11-8/h1-3,14-15H,4-7H2. The number of sulfonamides is 1. The monoisotopic (exact) mass is 303 g/mol. The number of fused-ring (bicyclic) bond motifs is 1. The minimum absolute atomic E-state index is 0.0423. The minimum atomic E-state index is -3.80. The molecule has 0 saturated heterocycles. The maximum atomic E-state index is 12.5. The number of aliphatic hydroxyl groups excluding tert-OH is 2. The summed E-state index contributed by atoms with van der Waals surface area (Å²) in [7, 11) is -3.80. The first-order chi connectivity index (χ1) is 9.11. The van der Waals surface area contributed by atoms with Crippen LogP contribution < -0.4 is 0 Å². The maximum Gasteiger partial charge on any atom is 0.245 e. The van der Waals surface area contributed by atoms with Gasteiger partial charge in [-0.15, -0.1) is 0 Å². The van der Waals surface area contributed by atoms with E-state index in [0.29, 0.717) is 11.0 Å².